The predicted octanol–water partition coefficient (Wildman–Crippen LogP) is 3.05. The first kappa shape index (κ1) is 15.3. The average Bonchev–Trinajstić information content (AvgIpc) is 2.47. The normalized spacial score (nSPS) is 17.6. The summed E-state index contributed by atoms with van der Waals surface area (Å²) < 4.78 is 5.68. The van der Waals surface area contributed by atoms with Gasteiger partial charge in [0, 0.05) is 24.2 Å². The first-order valence-electron chi connectivity index (χ1n) is 7.88. The van der Waals surface area contributed by atoms with Crippen molar-refractivity contribution in [1.29, 1.82) is 0 Å². The van der Waals surface area contributed by atoms with E-state index in [1.165, 1.54) is 31.5 Å². The molecule has 0 aliphatic carbocycles. The van der Waals surface area contributed by atoms with Crippen molar-refractivity contribution in [2.45, 2.75) is 52.2 Å². The number of ether oxygens (including phenoxy) is 1. The Morgan fingerprint density at radius 1 is 1.25 bits per heavy atom. The highest BCUT2D eigenvalue weighted by Crippen LogP contribution is 2.19. The van der Waals surface area contributed by atoms with Crippen molar-refractivity contribution in [1.82, 2.24) is 10.2 Å². The fraction of sp³-hybridized carbons (Fsp3) is 0.647. The van der Waals surface area contributed by atoms with Gasteiger partial charge in [-0.2, -0.15) is 0 Å². The summed E-state index contributed by atoms with van der Waals surface area (Å²) in [4.78, 5) is 2.56. The van der Waals surface area contributed by atoms with Gasteiger partial charge in [0.15, 0.2) is 0 Å². The van der Waals surface area contributed by atoms with Crippen LogP contribution in [0, 0.1) is 0 Å². The van der Waals surface area contributed by atoms with Crippen LogP contribution in [0.15, 0.2) is 24.3 Å². The summed E-state index contributed by atoms with van der Waals surface area (Å²) in [5, 5.41) is 3.69. The maximum atomic E-state index is 5.68. The number of likely N-dealkylation sites (tertiary alicyclic amines) is 1. The summed E-state index contributed by atoms with van der Waals surface area (Å²) in [5.74, 6) is 1.02. The molecule has 1 aromatic rings. The van der Waals surface area contributed by atoms with E-state index in [1.807, 2.05) is 13.0 Å². The van der Waals surface area contributed by atoms with Crippen molar-refractivity contribution < 1.29 is 4.74 Å². The zero-order valence-corrected chi connectivity index (χ0v) is 13.1. The number of hydrogen-bond donors (Lipinski definition) is 1. The maximum absolute atomic E-state index is 5.68. The quantitative estimate of drug-likeness (QED) is 0.864. The van der Waals surface area contributed by atoms with Gasteiger partial charge in [-0.3, -0.25) is 0 Å². The molecule has 3 heteroatoms. The molecule has 1 aliphatic rings. The van der Waals surface area contributed by atoms with Crippen molar-refractivity contribution in [2.24, 2.45) is 0 Å². The first-order valence-corrected chi connectivity index (χ1v) is 7.88. The minimum Gasteiger partial charge on any atom is -0.494 e. The molecular formula is C17H28N2O. The molecule has 1 aliphatic heterocycles. The third kappa shape index (κ3) is 4.22. The molecule has 0 atom stereocenters. The predicted molar refractivity (Wildman–Crippen MR) is 84.2 cm³/mol. The van der Waals surface area contributed by atoms with Crippen LogP contribution in [-0.4, -0.2) is 36.7 Å². The Morgan fingerprint density at radius 2 is 1.95 bits per heavy atom. The van der Waals surface area contributed by atoms with E-state index in [9.17, 15) is 0 Å². The summed E-state index contributed by atoms with van der Waals surface area (Å²) >= 11 is 0. The third-order valence-electron chi connectivity index (χ3n) is 4.11. The summed E-state index contributed by atoms with van der Waals surface area (Å²) in [7, 11) is 0. The van der Waals surface area contributed by atoms with Crippen LogP contribution < -0.4 is 10.1 Å². The van der Waals surface area contributed by atoms with Gasteiger partial charge in [0.05, 0.1) is 6.61 Å². The lowest BCUT2D eigenvalue weighted by Gasteiger charge is -2.35. The highest BCUT2D eigenvalue weighted by Gasteiger charge is 2.20. The molecule has 0 spiro atoms. The molecule has 1 saturated heterocycles. The molecule has 0 amide bonds. The fourth-order valence-corrected chi connectivity index (χ4v) is 2.82. The van der Waals surface area contributed by atoms with Crippen LogP contribution in [0.1, 0.15) is 39.2 Å². The second-order valence-electron chi connectivity index (χ2n) is 5.83. The van der Waals surface area contributed by atoms with Gasteiger partial charge >= 0.3 is 0 Å². The Kier molecular flexibility index (Phi) is 5.86. The number of piperidine rings is 1. The summed E-state index contributed by atoms with van der Waals surface area (Å²) in [5.41, 5.74) is 1.26. The molecule has 0 bridgehead atoms. The topological polar surface area (TPSA) is 24.5 Å². The second kappa shape index (κ2) is 7.65. The van der Waals surface area contributed by atoms with Crippen LogP contribution in [0.25, 0.3) is 0 Å². The Bertz CT molecular complexity index is 398. The van der Waals surface area contributed by atoms with E-state index >= 15 is 0 Å². The van der Waals surface area contributed by atoms with Gasteiger partial charge in [-0.15, -0.1) is 0 Å². The fourth-order valence-electron chi connectivity index (χ4n) is 2.82. The molecule has 1 fully saturated rings. The van der Waals surface area contributed by atoms with Gasteiger partial charge in [-0.25, -0.2) is 0 Å². The molecule has 112 valence electrons. The number of nitrogens with zero attached hydrogens (tertiary/aromatic N) is 1. The number of rotatable bonds is 6. The van der Waals surface area contributed by atoms with E-state index in [0.717, 1.165) is 18.9 Å². The molecule has 1 N–H and O–H groups in total. The number of benzene rings is 1. The van der Waals surface area contributed by atoms with Crippen molar-refractivity contribution in [3.05, 3.63) is 29.8 Å². The minimum atomic E-state index is 0.639. The third-order valence-corrected chi connectivity index (χ3v) is 4.11. The van der Waals surface area contributed by atoms with Crippen LogP contribution in [0.4, 0.5) is 0 Å². The van der Waals surface area contributed by atoms with E-state index in [0.29, 0.717) is 12.1 Å². The molecule has 2 rings (SSSR count). The molecule has 0 saturated carbocycles. The zero-order valence-electron chi connectivity index (χ0n) is 13.1. The van der Waals surface area contributed by atoms with Crippen LogP contribution >= 0.6 is 0 Å². The smallest absolute Gasteiger partial charge is 0.123 e. The van der Waals surface area contributed by atoms with Crippen LogP contribution in [0.2, 0.25) is 0 Å². The van der Waals surface area contributed by atoms with Gasteiger partial charge in [-0.05, 0) is 52.8 Å². The van der Waals surface area contributed by atoms with Crippen molar-refractivity contribution in [2.75, 3.05) is 19.7 Å². The molecule has 3 nitrogen and oxygen atoms in total. The number of nitrogens with one attached hydrogen (secondary N) is 1. The lowest BCUT2D eigenvalue weighted by Crippen LogP contribution is -2.44. The maximum Gasteiger partial charge on any atom is 0.123 e. The Hall–Kier alpha value is -1.06. The van der Waals surface area contributed by atoms with E-state index in [-0.39, 0.29) is 0 Å². The van der Waals surface area contributed by atoms with Gasteiger partial charge < -0.3 is 15.0 Å². The van der Waals surface area contributed by atoms with Crippen LogP contribution in [-0.2, 0) is 6.54 Å². The minimum absolute atomic E-state index is 0.639. The summed E-state index contributed by atoms with van der Waals surface area (Å²) in [6.07, 6.45) is 2.49. The number of hydrogen-bond acceptors (Lipinski definition) is 3. The van der Waals surface area contributed by atoms with Gasteiger partial charge in [0.1, 0.15) is 5.75 Å². The molecule has 0 aromatic heterocycles. The van der Waals surface area contributed by atoms with Crippen LogP contribution in [0.5, 0.6) is 5.75 Å². The highest BCUT2D eigenvalue weighted by atomic mass is 16.5. The highest BCUT2D eigenvalue weighted by molar-refractivity contribution is 5.33. The Balaban J connectivity index is 1.81. The molecular weight excluding hydrogens is 248 g/mol. The van der Waals surface area contributed by atoms with Crippen molar-refractivity contribution in [3.63, 3.8) is 0 Å². The monoisotopic (exact) mass is 276 g/mol. The van der Waals surface area contributed by atoms with Crippen LogP contribution in [0.3, 0.4) is 0 Å². The van der Waals surface area contributed by atoms with E-state index < -0.39 is 0 Å². The molecule has 0 unspecified atom stereocenters. The summed E-state index contributed by atoms with van der Waals surface area (Å²) in [6, 6.07) is 9.65. The van der Waals surface area contributed by atoms with E-state index in [2.05, 4.69) is 42.3 Å². The first-order chi connectivity index (χ1) is 9.70. The van der Waals surface area contributed by atoms with E-state index in [4.69, 9.17) is 4.74 Å². The largest absolute Gasteiger partial charge is 0.494 e. The molecule has 0 radical (unpaired) electrons. The number of para-hydroxylation sites is 1. The lowest BCUT2D eigenvalue weighted by molar-refractivity contribution is 0.160. The van der Waals surface area contributed by atoms with Crippen molar-refractivity contribution in [3.8, 4) is 5.75 Å². The average molecular weight is 276 g/mol. The van der Waals surface area contributed by atoms with Gasteiger partial charge in [-0.1, -0.05) is 18.2 Å². The van der Waals surface area contributed by atoms with E-state index in [1.54, 1.807) is 0 Å². The van der Waals surface area contributed by atoms with Gasteiger partial charge in [0.2, 0.25) is 0 Å². The SMILES string of the molecule is CCOc1ccccc1CNC1CCN(C(C)C)CC1. The van der Waals surface area contributed by atoms with Gasteiger partial charge in [0.25, 0.3) is 0 Å². The summed E-state index contributed by atoms with van der Waals surface area (Å²) in [6.45, 7) is 10.7. The lowest BCUT2D eigenvalue weighted by atomic mass is 10.0. The Labute approximate surface area is 123 Å². The second-order valence-corrected chi connectivity index (χ2v) is 5.83. The molecule has 1 heterocycles. The molecule has 20 heavy (non-hydrogen) atoms. The standard InChI is InChI=1S/C17H28N2O/c1-4-20-17-8-6-5-7-15(17)13-18-16-9-11-19(12-10-16)14(2)3/h5-8,14,16,18H,4,9-13H2,1-3H3. The molecule has 1 aromatic carbocycles. The van der Waals surface area contributed by atoms with Crippen molar-refractivity contribution >= 4 is 0 Å². The zero-order chi connectivity index (χ0) is 14.4. The Morgan fingerprint density at radius 3 is 2.60 bits per heavy atom.